The molecule has 1 N–H and O–H groups in total. The highest BCUT2D eigenvalue weighted by molar-refractivity contribution is 5.29. The first kappa shape index (κ1) is 17.4. The monoisotopic (exact) mass is 320 g/mol. The van der Waals surface area contributed by atoms with E-state index in [1.165, 1.54) is 6.07 Å². The Morgan fingerprint density at radius 1 is 1.22 bits per heavy atom. The average Bonchev–Trinajstić information content (AvgIpc) is 2.92. The second kappa shape index (κ2) is 8.08. The second-order valence-corrected chi connectivity index (χ2v) is 5.97. The van der Waals surface area contributed by atoms with Crippen molar-refractivity contribution in [2.75, 3.05) is 34.3 Å². The van der Waals surface area contributed by atoms with E-state index in [0.29, 0.717) is 24.4 Å². The van der Waals surface area contributed by atoms with Crippen LogP contribution in [0.2, 0.25) is 0 Å². The van der Waals surface area contributed by atoms with Crippen molar-refractivity contribution in [2.45, 2.75) is 20.0 Å². The molecule has 0 aliphatic heterocycles. The zero-order chi connectivity index (χ0) is 16.8. The van der Waals surface area contributed by atoms with Crippen LogP contribution in [0.1, 0.15) is 17.1 Å². The number of aromatic nitrogens is 2. The summed E-state index contributed by atoms with van der Waals surface area (Å²) in [6.07, 6.45) is 1.83. The van der Waals surface area contributed by atoms with Crippen molar-refractivity contribution in [1.29, 1.82) is 0 Å². The number of halogens is 1. The molecule has 0 saturated carbocycles. The number of ether oxygens (including phenoxy) is 1. The topological polar surface area (TPSA) is 44.4 Å². The molecule has 6 heteroatoms. The summed E-state index contributed by atoms with van der Waals surface area (Å²) >= 11 is 0. The number of aryl methyl sites for hydroxylation is 1. The van der Waals surface area contributed by atoms with Gasteiger partial charge in [0.2, 0.25) is 0 Å². The normalized spacial score (nSPS) is 11.4. The van der Waals surface area contributed by atoms with Crippen molar-refractivity contribution in [1.82, 2.24) is 19.8 Å². The minimum atomic E-state index is -0.207. The summed E-state index contributed by atoms with van der Waals surface area (Å²) in [7, 11) is 5.66. The van der Waals surface area contributed by atoms with Gasteiger partial charge in [-0.3, -0.25) is 4.90 Å². The second-order valence-electron chi connectivity index (χ2n) is 5.97. The summed E-state index contributed by atoms with van der Waals surface area (Å²) in [5.74, 6) is 1.35. The van der Waals surface area contributed by atoms with Gasteiger partial charge in [0.1, 0.15) is 17.4 Å². The van der Waals surface area contributed by atoms with E-state index in [9.17, 15) is 4.39 Å². The number of aromatic amines is 1. The Kier molecular flexibility index (Phi) is 6.12. The molecule has 126 valence electrons. The molecule has 2 rings (SSSR count). The van der Waals surface area contributed by atoms with Crippen LogP contribution >= 0.6 is 0 Å². The van der Waals surface area contributed by atoms with Crippen LogP contribution in [0.15, 0.2) is 24.4 Å². The fourth-order valence-electron chi connectivity index (χ4n) is 2.39. The van der Waals surface area contributed by atoms with Crippen LogP contribution in [0, 0.1) is 12.7 Å². The minimum absolute atomic E-state index is 0.207. The fraction of sp³-hybridized carbons (Fsp3) is 0.471. The molecule has 2 aromatic rings. The van der Waals surface area contributed by atoms with Gasteiger partial charge in [0.25, 0.3) is 0 Å². The molecule has 0 saturated heterocycles. The molecule has 1 aromatic heterocycles. The molecule has 0 aliphatic carbocycles. The van der Waals surface area contributed by atoms with Crippen LogP contribution in [-0.4, -0.2) is 54.1 Å². The number of hydrogen-bond acceptors (Lipinski definition) is 4. The smallest absolute Gasteiger partial charge is 0.127 e. The first-order valence-corrected chi connectivity index (χ1v) is 7.68. The van der Waals surface area contributed by atoms with Crippen molar-refractivity contribution in [3.05, 3.63) is 47.3 Å². The Labute approximate surface area is 137 Å². The number of rotatable bonds is 8. The summed E-state index contributed by atoms with van der Waals surface area (Å²) in [5, 5.41) is 0. The molecule has 1 aromatic carbocycles. The number of hydrogen-bond donors (Lipinski definition) is 1. The van der Waals surface area contributed by atoms with Gasteiger partial charge in [-0.25, -0.2) is 9.37 Å². The molecule has 0 bridgehead atoms. The van der Waals surface area contributed by atoms with Gasteiger partial charge in [0, 0.05) is 43.6 Å². The number of benzene rings is 1. The van der Waals surface area contributed by atoms with Gasteiger partial charge < -0.3 is 14.6 Å². The lowest BCUT2D eigenvalue weighted by Crippen LogP contribution is -2.31. The van der Waals surface area contributed by atoms with E-state index in [-0.39, 0.29) is 5.82 Å². The number of methoxy groups -OCH3 is 1. The zero-order valence-corrected chi connectivity index (χ0v) is 14.3. The van der Waals surface area contributed by atoms with E-state index in [2.05, 4.69) is 19.8 Å². The Hall–Kier alpha value is -1.92. The third-order valence-electron chi connectivity index (χ3n) is 3.66. The lowest BCUT2D eigenvalue weighted by molar-refractivity contribution is 0.221. The molecule has 5 nitrogen and oxygen atoms in total. The molecule has 0 spiro atoms. The lowest BCUT2D eigenvalue weighted by atomic mass is 10.2. The van der Waals surface area contributed by atoms with E-state index < -0.39 is 0 Å². The molecule has 1 heterocycles. The van der Waals surface area contributed by atoms with Crippen LogP contribution in [0.4, 0.5) is 4.39 Å². The number of nitrogens with one attached hydrogen (secondary N) is 1. The Morgan fingerprint density at radius 2 is 2.00 bits per heavy atom. The van der Waals surface area contributed by atoms with Crippen LogP contribution < -0.4 is 4.74 Å². The number of imidazole rings is 1. The van der Waals surface area contributed by atoms with Gasteiger partial charge in [0.15, 0.2) is 0 Å². The van der Waals surface area contributed by atoms with E-state index in [1.807, 2.05) is 27.2 Å². The van der Waals surface area contributed by atoms with Crippen molar-refractivity contribution in [3.63, 3.8) is 0 Å². The molecular weight excluding hydrogens is 295 g/mol. The summed E-state index contributed by atoms with van der Waals surface area (Å²) in [4.78, 5) is 11.8. The van der Waals surface area contributed by atoms with Gasteiger partial charge in [-0.1, -0.05) is 0 Å². The van der Waals surface area contributed by atoms with Gasteiger partial charge in [-0.05, 0) is 39.2 Å². The summed E-state index contributed by atoms with van der Waals surface area (Å²) in [5.41, 5.74) is 1.67. The van der Waals surface area contributed by atoms with Crippen molar-refractivity contribution >= 4 is 0 Å². The predicted molar refractivity (Wildman–Crippen MR) is 88.9 cm³/mol. The number of nitrogens with zero attached hydrogens (tertiary/aromatic N) is 3. The highest BCUT2D eigenvalue weighted by Gasteiger charge is 2.13. The summed E-state index contributed by atoms with van der Waals surface area (Å²) in [6.45, 7) is 4.89. The van der Waals surface area contributed by atoms with Crippen molar-refractivity contribution in [3.8, 4) is 5.75 Å². The van der Waals surface area contributed by atoms with Crippen LogP contribution in [0.25, 0.3) is 0 Å². The molecule has 23 heavy (non-hydrogen) atoms. The fourth-order valence-corrected chi connectivity index (χ4v) is 2.39. The van der Waals surface area contributed by atoms with E-state index in [0.717, 1.165) is 24.6 Å². The first-order chi connectivity index (χ1) is 11.0. The summed E-state index contributed by atoms with van der Waals surface area (Å²) in [6, 6.07) is 4.86. The van der Waals surface area contributed by atoms with E-state index >= 15 is 0 Å². The van der Waals surface area contributed by atoms with Gasteiger partial charge >= 0.3 is 0 Å². The predicted octanol–water partition coefficient (Wildman–Crippen LogP) is 2.43. The highest BCUT2D eigenvalue weighted by Crippen LogP contribution is 2.19. The minimum Gasteiger partial charge on any atom is -0.497 e. The average molecular weight is 320 g/mol. The zero-order valence-electron chi connectivity index (χ0n) is 14.3. The quantitative estimate of drug-likeness (QED) is 0.811. The molecule has 0 atom stereocenters. The Morgan fingerprint density at radius 3 is 2.61 bits per heavy atom. The molecule has 0 radical (unpaired) electrons. The third kappa shape index (κ3) is 5.33. The first-order valence-electron chi connectivity index (χ1n) is 7.68. The number of likely N-dealkylation sites (N-methyl/N-ethyl adjacent to an activating group) is 1. The highest BCUT2D eigenvalue weighted by atomic mass is 19.1. The van der Waals surface area contributed by atoms with Crippen LogP contribution in [-0.2, 0) is 13.1 Å². The largest absolute Gasteiger partial charge is 0.497 e. The van der Waals surface area contributed by atoms with Crippen LogP contribution in [0.3, 0.4) is 0 Å². The Balaban J connectivity index is 2.12. The lowest BCUT2D eigenvalue weighted by Gasteiger charge is -2.24. The molecule has 0 aliphatic rings. The molecule has 0 amide bonds. The maximum atomic E-state index is 14.1. The SMILES string of the molecule is COc1ccc(F)c(CN(CCN(C)C)Cc2cnc(C)[nH]2)c1. The van der Waals surface area contributed by atoms with Gasteiger partial charge in [-0.2, -0.15) is 0 Å². The Bertz CT molecular complexity index is 627. The number of H-pyrrole nitrogens is 1. The standard InChI is InChI=1S/C17H25FN4O/c1-13-19-10-15(20-13)12-22(8-7-21(2)3)11-14-9-16(23-4)5-6-17(14)18/h5-6,9-10H,7-8,11-12H2,1-4H3,(H,19,20). The maximum Gasteiger partial charge on any atom is 0.127 e. The van der Waals surface area contributed by atoms with Crippen molar-refractivity contribution in [2.24, 2.45) is 0 Å². The molecule has 0 fully saturated rings. The molecule has 0 unspecified atom stereocenters. The molecular formula is C17H25FN4O. The van der Waals surface area contributed by atoms with Crippen molar-refractivity contribution < 1.29 is 9.13 Å². The van der Waals surface area contributed by atoms with Crippen LogP contribution in [0.5, 0.6) is 5.75 Å². The third-order valence-corrected chi connectivity index (χ3v) is 3.66. The van der Waals surface area contributed by atoms with Gasteiger partial charge in [-0.15, -0.1) is 0 Å². The summed E-state index contributed by atoms with van der Waals surface area (Å²) < 4.78 is 19.3. The maximum absolute atomic E-state index is 14.1. The van der Waals surface area contributed by atoms with Gasteiger partial charge in [0.05, 0.1) is 7.11 Å². The van der Waals surface area contributed by atoms with E-state index in [4.69, 9.17) is 4.74 Å². The van der Waals surface area contributed by atoms with E-state index in [1.54, 1.807) is 19.2 Å².